The fourth-order valence-corrected chi connectivity index (χ4v) is 1.46. The SMILES string of the molecule is CSCc1ccncc1C(=O)O. The zero-order chi connectivity index (χ0) is 8.97. The van der Waals surface area contributed by atoms with Crippen molar-refractivity contribution in [1.82, 2.24) is 4.98 Å². The van der Waals surface area contributed by atoms with Crippen molar-refractivity contribution >= 4 is 17.7 Å². The number of pyridine rings is 1. The lowest BCUT2D eigenvalue weighted by molar-refractivity contribution is 0.0695. The number of hydrogen-bond acceptors (Lipinski definition) is 3. The first-order chi connectivity index (χ1) is 5.75. The first-order valence-corrected chi connectivity index (χ1v) is 4.80. The van der Waals surface area contributed by atoms with Crippen molar-refractivity contribution in [1.29, 1.82) is 0 Å². The van der Waals surface area contributed by atoms with Crippen LogP contribution in [0.25, 0.3) is 0 Å². The molecule has 12 heavy (non-hydrogen) atoms. The molecule has 0 amide bonds. The lowest BCUT2D eigenvalue weighted by atomic mass is 10.2. The molecule has 1 N–H and O–H groups in total. The van der Waals surface area contributed by atoms with Crippen LogP contribution >= 0.6 is 11.8 Å². The molecule has 0 aliphatic carbocycles. The largest absolute Gasteiger partial charge is 0.478 e. The van der Waals surface area contributed by atoms with Crippen molar-refractivity contribution in [3.63, 3.8) is 0 Å². The van der Waals surface area contributed by atoms with E-state index < -0.39 is 5.97 Å². The van der Waals surface area contributed by atoms with Gasteiger partial charge >= 0.3 is 5.97 Å². The van der Waals surface area contributed by atoms with E-state index in [2.05, 4.69) is 4.98 Å². The molecular formula is C8H9NO2S. The minimum absolute atomic E-state index is 0.298. The Kier molecular flexibility index (Phi) is 3.10. The van der Waals surface area contributed by atoms with Crippen LogP contribution in [0.4, 0.5) is 0 Å². The zero-order valence-electron chi connectivity index (χ0n) is 6.65. The molecule has 0 unspecified atom stereocenters. The molecule has 0 fully saturated rings. The lowest BCUT2D eigenvalue weighted by Gasteiger charge is -2.01. The van der Waals surface area contributed by atoms with E-state index in [1.807, 2.05) is 6.26 Å². The fourth-order valence-electron chi connectivity index (χ4n) is 0.897. The number of hydrogen-bond donors (Lipinski definition) is 1. The molecule has 0 aliphatic rings. The molecule has 0 bridgehead atoms. The number of aromatic nitrogens is 1. The summed E-state index contributed by atoms with van der Waals surface area (Å²) in [5, 5.41) is 8.74. The Balaban J connectivity index is 3.00. The van der Waals surface area contributed by atoms with Crippen LogP contribution in [0.15, 0.2) is 18.5 Å². The van der Waals surface area contributed by atoms with Gasteiger partial charge in [-0.1, -0.05) is 0 Å². The molecule has 0 aromatic carbocycles. The molecular weight excluding hydrogens is 174 g/mol. The summed E-state index contributed by atoms with van der Waals surface area (Å²) in [5.74, 6) is -0.198. The summed E-state index contributed by atoms with van der Waals surface area (Å²) in [6.45, 7) is 0. The highest BCUT2D eigenvalue weighted by molar-refractivity contribution is 7.97. The van der Waals surface area contributed by atoms with Crippen LogP contribution < -0.4 is 0 Å². The van der Waals surface area contributed by atoms with Crippen molar-refractivity contribution in [2.45, 2.75) is 5.75 Å². The highest BCUT2D eigenvalue weighted by Crippen LogP contribution is 2.12. The van der Waals surface area contributed by atoms with E-state index >= 15 is 0 Å². The highest BCUT2D eigenvalue weighted by Gasteiger charge is 2.07. The normalized spacial score (nSPS) is 9.75. The quantitative estimate of drug-likeness (QED) is 0.774. The zero-order valence-corrected chi connectivity index (χ0v) is 7.47. The molecule has 0 saturated heterocycles. The van der Waals surface area contributed by atoms with Crippen LogP contribution in [-0.2, 0) is 5.75 Å². The second-order valence-corrected chi connectivity index (χ2v) is 3.14. The number of carbonyl (C=O) groups is 1. The third kappa shape index (κ3) is 1.98. The molecule has 4 heteroatoms. The summed E-state index contributed by atoms with van der Waals surface area (Å²) >= 11 is 1.60. The predicted octanol–water partition coefficient (Wildman–Crippen LogP) is 1.64. The monoisotopic (exact) mass is 183 g/mol. The maximum Gasteiger partial charge on any atom is 0.337 e. The Morgan fingerprint density at radius 1 is 1.75 bits per heavy atom. The van der Waals surface area contributed by atoms with Gasteiger partial charge in [-0.3, -0.25) is 4.98 Å². The van der Waals surface area contributed by atoms with Gasteiger partial charge in [-0.2, -0.15) is 11.8 Å². The molecule has 1 aromatic heterocycles. The molecule has 1 rings (SSSR count). The molecule has 0 spiro atoms. The van der Waals surface area contributed by atoms with Gasteiger partial charge in [0, 0.05) is 18.1 Å². The second-order valence-electron chi connectivity index (χ2n) is 2.27. The van der Waals surface area contributed by atoms with Gasteiger partial charge in [0.25, 0.3) is 0 Å². The molecule has 0 atom stereocenters. The maximum atomic E-state index is 10.6. The third-order valence-electron chi connectivity index (χ3n) is 1.44. The van der Waals surface area contributed by atoms with E-state index in [1.54, 1.807) is 24.0 Å². The van der Waals surface area contributed by atoms with Crippen LogP contribution in [0, 0.1) is 0 Å². The Morgan fingerprint density at radius 3 is 3.08 bits per heavy atom. The summed E-state index contributed by atoms with van der Waals surface area (Å²) < 4.78 is 0. The molecule has 3 nitrogen and oxygen atoms in total. The number of thioether (sulfide) groups is 1. The van der Waals surface area contributed by atoms with Crippen LogP contribution in [0.5, 0.6) is 0 Å². The summed E-state index contributed by atoms with van der Waals surface area (Å²) in [6, 6.07) is 1.74. The van der Waals surface area contributed by atoms with Gasteiger partial charge in [-0.25, -0.2) is 4.79 Å². The van der Waals surface area contributed by atoms with E-state index in [0.717, 1.165) is 5.56 Å². The summed E-state index contributed by atoms with van der Waals surface area (Å²) in [6.07, 6.45) is 4.93. The Bertz CT molecular complexity index is 288. The average Bonchev–Trinajstić information content (AvgIpc) is 2.05. The number of aromatic carboxylic acids is 1. The standard InChI is InChI=1S/C8H9NO2S/c1-12-5-6-2-3-9-4-7(6)8(10)11/h2-4H,5H2,1H3,(H,10,11). The van der Waals surface area contributed by atoms with E-state index in [0.29, 0.717) is 11.3 Å². The molecule has 1 aromatic rings. The molecule has 0 radical (unpaired) electrons. The van der Waals surface area contributed by atoms with Gasteiger partial charge < -0.3 is 5.11 Å². The Hall–Kier alpha value is -1.03. The van der Waals surface area contributed by atoms with Gasteiger partial charge in [-0.05, 0) is 17.9 Å². The van der Waals surface area contributed by atoms with E-state index in [4.69, 9.17) is 5.11 Å². The van der Waals surface area contributed by atoms with Crippen molar-refractivity contribution in [3.8, 4) is 0 Å². The van der Waals surface area contributed by atoms with Crippen LogP contribution in [0.2, 0.25) is 0 Å². The topological polar surface area (TPSA) is 50.2 Å². The van der Waals surface area contributed by atoms with Gasteiger partial charge in [-0.15, -0.1) is 0 Å². The van der Waals surface area contributed by atoms with Crippen LogP contribution in [-0.4, -0.2) is 22.3 Å². The number of carboxylic acids is 1. The van der Waals surface area contributed by atoms with Gasteiger partial charge in [0.2, 0.25) is 0 Å². The van der Waals surface area contributed by atoms with Crippen LogP contribution in [0.1, 0.15) is 15.9 Å². The van der Waals surface area contributed by atoms with E-state index in [1.165, 1.54) is 6.20 Å². The van der Waals surface area contributed by atoms with E-state index in [-0.39, 0.29) is 0 Å². The van der Waals surface area contributed by atoms with Crippen LogP contribution in [0.3, 0.4) is 0 Å². The van der Waals surface area contributed by atoms with Crippen molar-refractivity contribution in [3.05, 3.63) is 29.6 Å². The van der Waals surface area contributed by atoms with Crippen molar-refractivity contribution in [2.75, 3.05) is 6.26 Å². The molecule has 0 aliphatic heterocycles. The minimum atomic E-state index is -0.910. The van der Waals surface area contributed by atoms with Gasteiger partial charge in [0.15, 0.2) is 0 Å². The first kappa shape index (κ1) is 9.06. The molecule has 64 valence electrons. The van der Waals surface area contributed by atoms with Gasteiger partial charge in [0.05, 0.1) is 5.56 Å². The molecule has 1 heterocycles. The average molecular weight is 183 g/mol. The first-order valence-electron chi connectivity index (χ1n) is 3.41. The second kappa shape index (κ2) is 4.11. The van der Waals surface area contributed by atoms with Crippen molar-refractivity contribution in [2.24, 2.45) is 0 Å². The Labute approximate surface area is 74.8 Å². The number of carboxylic acid groups (broad SMARTS) is 1. The number of rotatable bonds is 3. The maximum absolute atomic E-state index is 10.6. The van der Waals surface area contributed by atoms with E-state index in [9.17, 15) is 4.79 Å². The third-order valence-corrected chi connectivity index (χ3v) is 2.04. The highest BCUT2D eigenvalue weighted by atomic mass is 32.2. The molecule has 0 saturated carbocycles. The summed E-state index contributed by atoms with van der Waals surface area (Å²) in [4.78, 5) is 14.4. The smallest absolute Gasteiger partial charge is 0.337 e. The fraction of sp³-hybridized carbons (Fsp3) is 0.250. The summed E-state index contributed by atoms with van der Waals surface area (Å²) in [5.41, 5.74) is 1.12. The Morgan fingerprint density at radius 2 is 2.50 bits per heavy atom. The lowest BCUT2D eigenvalue weighted by Crippen LogP contribution is -2.01. The minimum Gasteiger partial charge on any atom is -0.478 e. The predicted molar refractivity (Wildman–Crippen MR) is 48.4 cm³/mol. The summed E-state index contributed by atoms with van der Waals surface area (Å²) in [7, 11) is 0. The van der Waals surface area contributed by atoms with Crippen molar-refractivity contribution < 1.29 is 9.90 Å². The van der Waals surface area contributed by atoms with Gasteiger partial charge in [0.1, 0.15) is 0 Å². The number of nitrogens with zero attached hydrogens (tertiary/aromatic N) is 1.